The molecule has 1 unspecified atom stereocenters. The number of rotatable bonds is 10. The molecule has 5 nitrogen and oxygen atoms in total. The third-order valence-corrected chi connectivity index (χ3v) is 4.36. The summed E-state index contributed by atoms with van der Waals surface area (Å²) in [6.45, 7) is 6.17. The summed E-state index contributed by atoms with van der Waals surface area (Å²) in [4.78, 5) is 23.9. The van der Waals surface area contributed by atoms with Crippen LogP contribution in [0.25, 0.3) is 0 Å². The fourth-order valence-corrected chi connectivity index (χ4v) is 2.59. The highest BCUT2D eigenvalue weighted by Gasteiger charge is 2.09. The zero-order chi connectivity index (χ0) is 19.4. The maximum absolute atomic E-state index is 12.0. The lowest BCUT2D eigenvalue weighted by molar-refractivity contribution is -0.119. The molecule has 0 spiro atoms. The molecule has 0 aromatic heterocycles. The lowest BCUT2D eigenvalue weighted by Gasteiger charge is -2.12. The number of carbonyl (C=O) groups excluding carboxylic acids is 2. The number of hydrogen-bond donors (Lipinski definition) is 3. The van der Waals surface area contributed by atoms with Crippen LogP contribution in [0.2, 0.25) is 0 Å². The van der Waals surface area contributed by atoms with Gasteiger partial charge in [0.25, 0.3) is 5.91 Å². The molecule has 0 heterocycles. The van der Waals surface area contributed by atoms with Gasteiger partial charge in [-0.05, 0) is 56.2 Å². The number of amides is 2. The highest BCUT2D eigenvalue weighted by Crippen LogP contribution is 2.10. The van der Waals surface area contributed by atoms with Gasteiger partial charge in [0.15, 0.2) is 5.11 Å². The van der Waals surface area contributed by atoms with Crippen molar-refractivity contribution >= 4 is 34.8 Å². The van der Waals surface area contributed by atoms with Gasteiger partial charge in [0.05, 0.1) is 0 Å². The third-order valence-electron chi connectivity index (χ3n) is 4.16. The predicted octanol–water partition coefficient (Wildman–Crippen LogP) is 4.39. The van der Waals surface area contributed by atoms with Crippen molar-refractivity contribution in [3.8, 4) is 0 Å². The van der Waals surface area contributed by atoms with Gasteiger partial charge >= 0.3 is 0 Å². The summed E-state index contributed by atoms with van der Waals surface area (Å²) in [7, 11) is 0. The Hall–Kier alpha value is -1.95. The van der Waals surface area contributed by atoms with Gasteiger partial charge in [0.2, 0.25) is 5.91 Å². The fraction of sp³-hybridized carbons (Fsp3) is 0.550. The van der Waals surface area contributed by atoms with Gasteiger partial charge in [-0.15, -0.1) is 0 Å². The molecule has 1 aromatic rings. The smallest absolute Gasteiger partial charge is 0.251 e. The number of hydrogen-bond acceptors (Lipinski definition) is 3. The highest BCUT2D eigenvalue weighted by atomic mass is 32.1. The summed E-state index contributed by atoms with van der Waals surface area (Å²) in [6, 6.07) is 7.16. The molecule has 2 amide bonds. The molecule has 0 aliphatic heterocycles. The molecular weight excluding hydrogens is 346 g/mol. The first-order chi connectivity index (χ1) is 12.5. The quantitative estimate of drug-likeness (QED) is 0.418. The van der Waals surface area contributed by atoms with Crippen LogP contribution in [0.4, 0.5) is 5.69 Å². The second-order valence-electron chi connectivity index (χ2n) is 6.53. The summed E-state index contributed by atoms with van der Waals surface area (Å²) in [5.41, 5.74) is 1.33. The second-order valence-corrected chi connectivity index (χ2v) is 6.93. The average molecular weight is 378 g/mol. The van der Waals surface area contributed by atoms with Crippen molar-refractivity contribution in [3.63, 3.8) is 0 Å². The van der Waals surface area contributed by atoms with Crippen LogP contribution in [-0.4, -0.2) is 23.0 Å². The number of benzene rings is 1. The van der Waals surface area contributed by atoms with E-state index in [1.807, 2.05) is 13.8 Å². The summed E-state index contributed by atoms with van der Waals surface area (Å²) in [5.74, 6) is -0.159. The van der Waals surface area contributed by atoms with E-state index in [0.29, 0.717) is 12.0 Å². The first kappa shape index (κ1) is 22.1. The molecule has 144 valence electrons. The van der Waals surface area contributed by atoms with Gasteiger partial charge in [-0.25, -0.2) is 0 Å². The van der Waals surface area contributed by atoms with Crippen molar-refractivity contribution in [2.45, 2.75) is 71.8 Å². The van der Waals surface area contributed by atoms with Crippen LogP contribution in [0, 0.1) is 0 Å². The first-order valence-corrected chi connectivity index (χ1v) is 9.88. The Bertz CT molecular complexity index is 587. The monoisotopic (exact) mass is 377 g/mol. The van der Waals surface area contributed by atoms with Crippen LogP contribution in [0.5, 0.6) is 0 Å². The van der Waals surface area contributed by atoms with Gasteiger partial charge in [-0.2, -0.15) is 0 Å². The van der Waals surface area contributed by atoms with Crippen molar-refractivity contribution in [3.05, 3.63) is 29.8 Å². The lowest BCUT2D eigenvalue weighted by atomic mass is 10.1. The Morgan fingerprint density at radius 1 is 1.04 bits per heavy atom. The molecule has 26 heavy (non-hydrogen) atoms. The maximum atomic E-state index is 12.0. The Balaban J connectivity index is 2.38. The Kier molecular flexibility index (Phi) is 10.5. The number of nitrogens with one attached hydrogen (secondary N) is 3. The summed E-state index contributed by atoms with van der Waals surface area (Å²) in [5, 5.41) is 8.86. The highest BCUT2D eigenvalue weighted by molar-refractivity contribution is 7.80. The molecule has 6 heteroatoms. The molecule has 0 saturated carbocycles. The molecule has 1 rings (SSSR count). The molecular formula is C20H31N3O2S. The van der Waals surface area contributed by atoms with Gasteiger partial charge in [0, 0.05) is 23.7 Å². The Labute approximate surface area is 162 Å². The van der Waals surface area contributed by atoms with Gasteiger partial charge in [-0.1, -0.05) is 39.5 Å². The van der Waals surface area contributed by atoms with Crippen molar-refractivity contribution in [2.75, 3.05) is 5.32 Å². The number of unbranched alkanes of at least 4 members (excludes halogenated alkanes) is 4. The van der Waals surface area contributed by atoms with Crippen LogP contribution in [-0.2, 0) is 4.79 Å². The van der Waals surface area contributed by atoms with Crippen LogP contribution in [0.15, 0.2) is 24.3 Å². The minimum absolute atomic E-state index is 0.0662. The number of anilines is 1. The molecule has 0 radical (unpaired) electrons. The van der Waals surface area contributed by atoms with Gasteiger partial charge in [0.1, 0.15) is 0 Å². The summed E-state index contributed by atoms with van der Waals surface area (Å²) in [6.07, 6.45) is 6.91. The van der Waals surface area contributed by atoms with E-state index >= 15 is 0 Å². The van der Waals surface area contributed by atoms with E-state index in [1.165, 1.54) is 19.3 Å². The van der Waals surface area contributed by atoms with Crippen molar-refractivity contribution in [2.24, 2.45) is 0 Å². The van der Waals surface area contributed by atoms with E-state index in [4.69, 9.17) is 12.2 Å². The number of thiocarbonyl (C=S) groups is 1. The van der Waals surface area contributed by atoms with Gasteiger partial charge in [-0.3, -0.25) is 9.59 Å². The Morgan fingerprint density at radius 2 is 1.69 bits per heavy atom. The Morgan fingerprint density at radius 3 is 2.31 bits per heavy atom. The van der Waals surface area contributed by atoms with Crippen LogP contribution in [0.3, 0.4) is 0 Å². The second kappa shape index (κ2) is 12.4. The van der Waals surface area contributed by atoms with E-state index < -0.39 is 0 Å². The molecule has 1 aromatic carbocycles. The molecule has 0 aliphatic rings. The van der Waals surface area contributed by atoms with E-state index in [9.17, 15) is 9.59 Å². The maximum Gasteiger partial charge on any atom is 0.251 e. The van der Waals surface area contributed by atoms with E-state index in [1.54, 1.807) is 24.3 Å². The molecule has 0 bridgehead atoms. The molecule has 0 aliphatic carbocycles. The zero-order valence-corrected chi connectivity index (χ0v) is 16.9. The van der Waals surface area contributed by atoms with Crippen molar-refractivity contribution in [1.82, 2.24) is 10.6 Å². The largest absolute Gasteiger partial charge is 0.350 e. The first-order valence-electron chi connectivity index (χ1n) is 9.48. The minimum Gasteiger partial charge on any atom is -0.350 e. The molecule has 0 fully saturated rings. The topological polar surface area (TPSA) is 70.2 Å². The predicted molar refractivity (Wildman–Crippen MR) is 111 cm³/mol. The molecule has 1 atom stereocenters. The third kappa shape index (κ3) is 8.94. The van der Waals surface area contributed by atoms with Crippen molar-refractivity contribution in [1.29, 1.82) is 0 Å². The fourth-order valence-electron chi connectivity index (χ4n) is 2.35. The molecule has 3 N–H and O–H groups in total. The normalized spacial score (nSPS) is 11.5. The SMILES string of the molecule is CCCCCCCC(=O)NC(=S)Nc1ccc(C(=O)NC(C)CC)cc1. The minimum atomic E-state index is -0.0927. The molecule has 0 saturated heterocycles. The summed E-state index contributed by atoms with van der Waals surface area (Å²) >= 11 is 5.17. The standard InChI is InChI=1S/C20H31N3O2S/c1-4-6-7-8-9-10-18(24)23-20(26)22-17-13-11-16(12-14-17)19(25)21-15(3)5-2/h11-15H,4-10H2,1-3H3,(H,21,25)(H2,22,23,24,26). The lowest BCUT2D eigenvalue weighted by Crippen LogP contribution is -2.34. The van der Waals surface area contributed by atoms with Crippen LogP contribution in [0.1, 0.15) is 76.1 Å². The van der Waals surface area contributed by atoms with Crippen LogP contribution < -0.4 is 16.0 Å². The van der Waals surface area contributed by atoms with E-state index in [0.717, 1.165) is 24.9 Å². The van der Waals surface area contributed by atoms with Crippen LogP contribution >= 0.6 is 12.2 Å². The average Bonchev–Trinajstić information content (AvgIpc) is 2.61. The van der Waals surface area contributed by atoms with Gasteiger partial charge < -0.3 is 16.0 Å². The van der Waals surface area contributed by atoms with E-state index in [-0.39, 0.29) is 23.0 Å². The number of carbonyl (C=O) groups is 2. The summed E-state index contributed by atoms with van der Waals surface area (Å²) < 4.78 is 0. The van der Waals surface area contributed by atoms with Crippen molar-refractivity contribution < 1.29 is 9.59 Å². The van der Waals surface area contributed by atoms with E-state index in [2.05, 4.69) is 22.9 Å². The zero-order valence-electron chi connectivity index (χ0n) is 16.1.